The fourth-order valence-corrected chi connectivity index (χ4v) is 2.50. The highest BCUT2D eigenvalue weighted by Crippen LogP contribution is 2.29. The number of benzene rings is 1. The van der Waals surface area contributed by atoms with Crippen molar-refractivity contribution >= 4 is 11.9 Å². The Bertz CT molecular complexity index is 546. The van der Waals surface area contributed by atoms with Gasteiger partial charge in [-0.05, 0) is 32.0 Å². The number of carboxylic acids is 1. The number of carboxylic acid groups (broad SMARTS) is 1. The molecule has 1 amide bonds. The smallest absolute Gasteiger partial charge is 0.339 e. The number of carbonyl (C=O) groups excluding carboxylic acids is 1. The average Bonchev–Trinajstić information content (AvgIpc) is 2.82. The molecule has 1 atom stereocenters. The molecular weight excluding hydrogens is 272 g/mol. The second-order valence-electron chi connectivity index (χ2n) is 5.60. The van der Waals surface area contributed by atoms with Crippen LogP contribution in [0.1, 0.15) is 23.7 Å². The standard InChI is InChI=1S/C15H20N2O4/c1-15(14(16)20)6-7-17(10-15)8-9-21-12-5-3-2-4-11(12)13(18)19/h2-5H,6-10H2,1H3,(H2,16,20)(H,18,19). The predicted molar refractivity (Wildman–Crippen MR) is 77.3 cm³/mol. The fraction of sp³-hybridized carbons (Fsp3) is 0.467. The molecule has 2 rings (SSSR count). The summed E-state index contributed by atoms with van der Waals surface area (Å²) in [6.45, 7) is 4.29. The summed E-state index contributed by atoms with van der Waals surface area (Å²) in [4.78, 5) is 24.5. The van der Waals surface area contributed by atoms with Gasteiger partial charge in [-0.2, -0.15) is 0 Å². The van der Waals surface area contributed by atoms with E-state index in [1.165, 1.54) is 6.07 Å². The van der Waals surface area contributed by atoms with E-state index in [9.17, 15) is 9.59 Å². The van der Waals surface area contributed by atoms with Crippen molar-refractivity contribution in [2.75, 3.05) is 26.2 Å². The first kappa shape index (κ1) is 15.3. The molecule has 3 N–H and O–H groups in total. The normalized spacial score (nSPS) is 22.1. The van der Waals surface area contributed by atoms with Crippen molar-refractivity contribution in [2.45, 2.75) is 13.3 Å². The van der Waals surface area contributed by atoms with Crippen LogP contribution in [-0.4, -0.2) is 48.1 Å². The average molecular weight is 292 g/mol. The largest absolute Gasteiger partial charge is 0.491 e. The van der Waals surface area contributed by atoms with E-state index in [0.29, 0.717) is 25.4 Å². The van der Waals surface area contributed by atoms with E-state index in [1.807, 2.05) is 6.92 Å². The molecular formula is C15H20N2O4. The SMILES string of the molecule is CC1(C(N)=O)CCN(CCOc2ccccc2C(=O)O)C1. The van der Waals surface area contributed by atoms with Gasteiger partial charge in [-0.3, -0.25) is 9.69 Å². The number of para-hydroxylation sites is 1. The molecule has 1 fully saturated rings. The van der Waals surface area contributed by atoms with Gasteiger partial charge in [0.15, 0.2) is 0 Å². The Kier molecular flexibility index (Phi) is 4.47. The highest BCUT2D eigenvalue weighted by Gasteiger charge is 2.38. The van der Waals surface area contributed by atoms with Crippen LogP contribution >= 0.6 is 0 Å². The molecule has 0 saturated carbocycles. The summed E-state index contributed by atoms with van der Waals surface area (Å²) in [7, 11) is 0. The Hall–Kier alpha value is -2.08. The second-order valence-corrected chi connectivity index (χ2v) is 5.60. The van der Waals surface area contributed by atoms with Crippen LogP contribution in [0.4, 0.5) is 0 Å². The maximum atomic E-state index is 11.4. The highest BCUT2D eigenvalue weighted by atomic mass is 16.5. The van der Waals surface area contributed by atoms with Gasteiger partial charge in [-0.25, -0.2) is 4.79 Å². The third kappa shape index (κ3) is 3.52. The van der Waals surface area contributed by atoms with E-state index in [4.69, 9.17) is 15.6 Å². The van der Waals surface area contributed by atoms with Crippen LogP contribution < -0.4 is 10.5 Å². The fourth-order valence-electron chi connectivity index (χ4n) is 2.50. The molecule has 0 aromatic heterocycles. The van der Waals surface area contributed by atoms with Crippen LogP contribution in [0, 0.1) is 5.41 Å². The summed E-state index contributed by atoms with van der Waals surface area (Å²) >= 11 is 0. The van der Waals surface area contributed by atoms with Crippen molar-refractivity contribution < 1.29 is 19.4 Å². The number of likely N-dealkylation sites (tertiary alicyclic amines) is 1. The Labute approximate surface area is 123 Å². The lowest BCUT2D eigenvalue weighted by molar-refractivity contribution is -0.126. The number of hydrogen-bond acceptors (Lipinski definition) is 4. The summed E-state index contributed by atoms with van der Waals surface area (Å²) in [5, 5.41) is 9.06. The quantitative estimate of drug-likeness (QED) is 0.814. The second kappa shape index (κ2) is 6.13. The van der Waals surface area contributed by atoms with Gasteiger partial charge >= 0.3 is 5.97 Å². The monoisotopic (exact) mass is 292 g/mol. The highest BCUT2D eigenvalue weighted by molar-refractivity contribution is 5.90. The number of primary amides is 1. The van der Waals surface area contributed by atoms with Gasteiger partial charge in [0.1, 0.15) is 17.9 Å². The summed E-state index contributed by atoms with van der Waals surface area (Å²) in [5.41, 5.74) is 5.09. The summed E-state index contributed by atoms with van der Waals surface area (Å²) < 4.78 is 5.55. The zero-order valence-electron chi connectivity index (χ0n) is 12.0. The number of ether oxygens (including phenoxy) is 1. The number of carbonyl (C=O) groups is 2. The zero-order valence-corrected chi connectivity index (χ0v) is 12.0. The van der Waals surface area contributed by atoms with Gasteiger partial charge in [0.25, 0.3) is 0 Å². The summed E-state index contributed by atoms with van der Waals surface area (Å²) in [5.74, 6) is -0.919. The van der Waals surface area contributed by atoms with Crippen LogP contribution in [0.25, 0.3) is 0 Å². The Balaban J connectivity index is 1.86. The molecule has 0 radical (unpaired) electrons. The lowest BCUT2D eigenvalue weighted by Crippen LogP contribution is -2.37. The first-order valence-corrected chi connectivity index (χ1v) is 6.90. The van der Waals surface area contributed by atoms with Crippen LogP contribution in [-0.2, 0) is 4.79 Å². The predicted octanol–water partition coefficient (Wildman–Crippen LogP) is 0.961. The van der Waals surface area contributed by atoms with Gasteiger partial charge in [0.05, 0.1) is 5.41 Å². The first-order valence-electron chi connectivity index (χ1n) is 6.90. The molecule has 1 aliphatic rings. The lowest BCUT2D eigenvalue weighted by atomic mass is 9.89. The Morgan fingerprint density at radius 1 is 1.43 bits per heavy atom. The van der Waals surface area contributed by atoms with Crippen LogP contribution in [0.3, 0.4) is 0 Å². The Morgan fingerprint density at radius 2 is 2.14 bits per heavy atom. The number of nitrogens with zero attached hydrogens (tertiary/aromatic N) is 1. The molecule has 1 aromatic rings. The molecule has 0 aliphatic carbocycles. The third-order valence-corrected chi connectivity index (χ3v) is 3.93. The van der Waals surface area contributed by atoms with Crippen molar-refractivity contribution in [3.8, 4) is 5.75 Å². The number of nitrogens with two attached hydrogens (primary N) is 1. The molecule has 6 nitrogen and oxygen atoms in total. The minimum atomic E-state index is -1.01. The molecule has 1 aliphatic heterocycles. The topological polar surface area (TPSA) is 92.9 Å². The maximum absolute atomic E-state index is 11.4. The van der Waals surface area contributed by atoms with Gasteiger partial charge < -0.3 is 15.6 Å². The zero-order chi connectivity index (χ0) is 15.5. The minimum Gasteiger partial charge on any atom is -0.491 e. The van der Waals surface area contributed by atoms with Crippen molar-refractivity contribution in [2.24, 2.45) is 11.1 Å². The maximum Gasteiger partial charge on any atom is 0.339 e. The number of aromatic carboxylic acids is 1. The molecule has 1 heterocycles. The van der Waals surface area contributed by atoms with Crippen LogP contribution in [0.5, 0.6) is 5.75 Å². The van der Waals surface area contributed by atoms with Crippen LogP contribution in [0.15, 0.2) is 24.3 Å². The van der Waals surface area contributed by atoms with Gasteiger partial charge in [-0.15, -0.1) is 0 Å². The van der Waals surface area contributed by atoms with Crippen molar-refractivity contribution in [1.82, 2.24) is 4.90 Å². The van der Waals surface area contributed by atoms with Crippen molar-refractivity contribution in [3.05, 3.63) is 29.8 Å². The van der Waals surface area contributed by atoms with Gasteiger partial charge in [0.2, 0.25) is 5.91 Å². The number of amides is 1. The summed E-state index contributed by atoms with van der Waals surface area (Å²) in [6, 6.07) is 6.55. The van der Waals surface area contributed by atoms with E-state index in [0.717, 1.165) is 13.0 Å². The molecule has 1 saturated heterocycles. The molecule has 0 spiro atoms. The van der Waals surface area contributed by atoms with E-state index >= 15 is 0 Å². The Morgan fingerprint density at radius 3 is 2.76 bits per heavy atom. The van der Waals surface area contributed by atoms with Gasteiger partial charge in [-0.1, -0.05) is 12.1 Å². The van der Waals surface area contributed by atoms with E-state index in [1.54, 1.807) is 18.2 Å². The van der Waals surface area contributed by atoms with E-state index < -0.39 is 11.4 Å². The first-order chi connectivity index (χ1) is 9.92. The molecule has 114 valence electrons. The summed E-state index contributed by atoms with van der Waals surface area (Å²) in [6.07, 6.45) is 0.744. The lowest BCUT2D eigenvalue weighted by Gasteiger charge is -2.21. The van der Waals surface area contributed by atoms with Crippen LogP contribution in [0.2, 0.25) is 0 Å². The molecule has 6 heteroatoms. The van der Waals surface area contributed by atoms with E-state index in [2.05, 4.69) is 4.90 Å². The third-order valence-electron chi connectivity index (χ3n) is 3.93. The van der Waals surface area contributed by atoms with Crippen molar-refractivity contribution in [3.63, 3.8) is 0 Å². The molecule has 1 unspecified atom stereocenters. The molecule has 0 bridgehead atoms. The van der Waals surface area contributed by atoms with Crippen molar-refractivity contribution in [1.29, 1.82) is 0 Å². The minimum absolute atomic E-state index is 0.154. The number of rotatable bonds is 6. The molecule has 1 aromatic carbocycles. The molecule has 21 heavy (non-hydrogen) atoms. The number of hydrogen-bond donors (Lipinski definition) is 2. The van der Waals surface area contributed by atoms with E-state index in [-0.39, 0.29) is 11.5 Å². The van der Waals surface area contributed by atoms with Gasteiger partial charge in [0, 0.05) is 13.1 Å².